The zero-order valence-corrected chi connectivity index (χ0v) is 17.1. The molecule has 0 bridgehead atoms. The fourth-order valence-corrected chi connectivity index (χ4v) is 3.19. The monoisotopic (exact) mass is 395 g/mol. The fraction of sp³-hybridized carbons (Fsp3) is 0.409. The number of rotatable bonds is 7. The number of amides is 2. The second kappa shape index (κ2) is 10.0. The number of anilines is 2. The van der Waals surface area contributed by atoms with E-state index in [9.17, 15) is 9.59 Å². The van der Waals surface area contributed by atoms with Crippen LogP contribution in [0.3, 0.4) is 0 Å². The number of piperazine rings is 1. The van der Waals surface area contributed by atoms with Gasteiger partial charge in [-0.05, 0) is 43.8 Å². The van der Waals surface area contributed by atoms with E-state index in [1.165, 1.54) is 12.4 Å². The van der Waals surface area contributed by atoms with E-state index in [1.807, 2.05) is 24.3 Å². The van der Waals surface area contributed by atoms with Crippen molar-refractivity contribution in [1.29, 1.82) is 0 Å². The van der Waals surface area contributed by atoms with E-state index in [0.29, 0.717) is 23.4 Å². The number of aromatic nitrogens is 1. The predicted molar refractivity (Wildman–Crippen MR) is 116 cm³/mol. The van der Waals surface area contributed by atoms with Crippen LogP contribution in [0.1, 0.15) is 40.5 Å². The molecule has 0 aliphatic carbocycles. The van der Waals surface area contributed by atoms with Gasteiger partial charge in [-0.2, -0.15) is 0 Å². The maximum Gasteiger partial charge on any atom is 0.257 e. The molecule has 0 radical (unpaired) electrons. The van der Waals surface area contributed by atoms with Crippen LogP contribution in [0.5, 0.6) is 0 Å². The standard InChI is InChI=1S/C22H29N5O2/c1-3-4-9-24-21(28)17-14-18(16-23-15-17)22(29)25-19-5-7-20(8-6-19)27-12-10-26(2)11-13-27/h5-8,14-16H,3-4,9-13H2,1-2H3,(H,24,28)(H,25,29). The van der Waals surface area contributed by atoms with E-state index >= 15 is 0 Å². The maximum atomic E-state index is 12.6. The minimum atomic E-state index is -0.284. The molecule has 1 aliphatic heterocycles. The van der Waals surface area contributed by atoms with Crippen molar-refractivity contribution in [3.63, 3.8) is 0 Å². The number of pyridine rings is 1. The van der Waals surface area contributed by atoms with E-state index in [0.717, 1.165) is 44.7 Å². The van der Waals surface area contributed by atoms with Crippen LogP contribution in [0.25, 0.3) is 0 Å². The summed E-state index contributed by atoms with van der Waals surface area (Å²) in [6.07, 6.45) is 4.87. The number of hydrogen-bond donors (Lipinski definition) is 2. The van der Waals surface area contributed by atoms with Gasteiger partial charge < -0.3 is 20.4 Å². The number of hydrogen-bond acceptors (Lipinski definition) is 5. The molecule has 0 atom stereocenters. The zero-order chi connectivity index (χ0) is 20.6. The lowest BCUT2D eigenvalue weighted by molar-refractivity contribution is 0.0953. The molecule has 7 nitrogen and oxygen atoms in total. The summed E-state index contributed by atoms with van der Waals surface area (Å²) >= 11 is 0. The van der Waals surface area contributed by atoms with Crippen LogP contribution in [0.4, 0.5) is 11.4 Å². The highest BCUT2D eigenvalue weighted by atomic mass is 16.2. The van der Waals surface area contributed by atoms with Crippen LogP contribution in [0.2, 0.25) is 0 Å². The fourth-order valence-electron chi connectivity index (χ4n) is 3.19. The minimum Gasteiger partial charge on any atom is -0.369 e. The number of nitrogens with one attached hydrogen (secondary N) is 2. The third kappa shape index (κ3) is 5.77. The molecule has 154 valence electrons. The topological polar surface area (TPSA) is 77.6 Å². The first-order valence-corrected chi connectivity index (χ1v) is 10.1. The van der Waals surface area contributed by atoms with E-state index in [4.69, 9.17) is 0 Å². The molecule has 1 fully saturated rings. The lowest BCUT2D eigenvalue weighted by Crippen LogP contribution is -2.44. The Morgan fingerprint density at radius 2 is 1.66 bits per heavy atom. The van der Waals surface area contributed by atoms with E-state index in [-0.39, 0.29) is 11.8 Å². The van der Waals surface area contributed by atoms with Gasteiger partial charge in [-0.1, -0.05) is 13.3 Å². The van der Waals surface area contributed by atoms with Gasteiger partial charge in [0, 0.05) is 56.5 Å². The summed E-state index contributed by atoms with van der Waals surface area (Å²) in [4.78, 5) is 33.4. The molecular formula is C22H29N5O2. The summed E-state index contributed by atoms with van der Waals surface area (Å²) in [7, 11) is 2.13. The number of carbonyl (C=O) groups is 2. The van der Waals surface area contributed by atoms with Crippen LogP contribution >= 0.6 is 0 Å². The molecular weight excluding hydrogens is 366 g/mol. The van der Waals surface area contributed by atoms with Gasteiger partial charge in [-0.25, -0.2) is 0 Å². The molecule has 2 aromatic rings. The highest BCUT2D eigenvalue weighted by Crippen LogP contribution is 2.20. The Bertz CT molecular complexity index is 829. The van der Waals surface area contributed by atoms with Crippen LogP contribution in [-0.4, -0.2) is 61.5 Å². The average molecular weight is 396 g/mol. The van der Waals surface area contributed by atoms with Crippen LogP contribution in [0, 0.1) is 0 Å². The van der Waals surface area contributed by atoms with Crippen LogP contribution in [-0.2, 0) is 0 Å². The zero-order valence-electron chi connectivity index (χ0n) is 17.1. The first kappa shape index (κ1) is 20.8. The van der Waals surface area contributed by atoms with Crippen molar-refractivity contribution in [3.05, 3.63) is 53.9 Å². The molecule has 3 rings (SSSR count). The van der Waals surface area contributed by atoms with E-state index in [1.54, 1.807) is 6.07 Å². The Morgan fingerprint density at radius 3 is 2.31 bits per heavy atom. The average Bonchev–Trinajstić information content (AvgIpc) is 2.75. The van der Waals surface area contributed by atoms with Crippen LogP contribution < -0.4 is 15.5 Å². The largest absolute Gasteiger partial charge is 0.369 e. The molecule has 0 spiro atoms. The minimum absolute atomic E-state index is 0.211. The Labute approximate surface area is 172 Å². The summed E-state index contributed by atoms with van der Waals surface area (Å²) in [6.45, 7) is 6.78. The van der Waals surface area contributed by atoms with Crippen molar-refractivity contribution in [2.24, 2.45) is 0 Å². The van der Waals surface area contributed by atoms with Gasteiger partial charge in [0.2, 0.25) is 0 Å². The Balaban J connectivity index is 1.60. The Hall–Kier alpha value is -2.93. The molecule has 2 heterocycles. The Kier molecular flexibility index (Phi) is 7.19. The van der Waals surface area contributed by atoms with Gasteiger partial charge in [-0.15, -0.1) is 0 Å². The predicted octanol–water partition coefficient (Wildman–Crippen LogP) is 2.62. The van der Waals surface area contributed by atoms with Gasteiger partial charge in [0.25, 0.3) is 11.8 Å². The number of likely N-dealkylation sites (N-methyl/N-ethyl adjacent to an activating group) is 1. The maximum absolute atomic E-state index is 12.6. The van der Waals surface area contributed by atoms with Gasteiger partial charge in [0.05, 0.1) is 11.1 Å². The van der Waals surface area contributed by atoms with Crippen molar-refractivity contribution < 1.29 is 9.59 Å². The van der Waals surface area contributed by atoms with Gasteiger partial charge in [0.15, 0.2) is 0 Å². The number of unbranched alkanes of at least 4 members (excludes halogenated alkanes) is 1. The van der Waals surface area contributed by atoms with Crippen molar-refractivity contribution in [3.8, 4) is 0 Å². The quantitative estimate of drug-likeness (QED) is 0.705. The molecule has 29 heavy (non-hydrogen) atoms. The SMILES string of the molecule is CCCCNC(=O)c1cncc(C(=O)Nc2ccc(N3CCN(C)CC3)cc2)c1. The molecule has 7 heteroatoms. The summed E-state index contributed by atoms with van der Waals surface area (Å²) in [5, 5.41) is 5.71. The molecule has 1 aromatic carbocycles. The van der Waals surface area contributed by atoms with E-state index < -0.39 is 0 Å². The smallest absolute Gasteiger partial charge is 0.257 e. The summed E-state index contributed by atoms with van der Waals surface area (Å²) in [5.74, 6) is -0.495. The number of carbonyl (C=O) groups excluding carboxylic acids is 2. The molecule has 0 saturated carbocycles. The number of benzene rings is 1. The second-order valence-electron chi connectivity index (χ2n) is 7.36. The lowest BCUT2D eigenvalue weighted by atomic mass is 10.1. The normalized spacial score (nSPS) is 14.5. The summed E-state index contributed by atoms with van der Waals surface area (Å²) < 4.78 is 0. The lowest BCUT2D eigenvalue weighted by Gasteiger charge is -2.34. The highest BCUT2D eigenvalue weighted by Gasteiger charge is 2.15. The van der Waals surface area contributed by atoms with Crippen molar-refractivity contribution in [2.75, 3.05) is 50.0 Å². The van der Waals surface area contributed by atoms with Crippen LogP contribution in [0.15, 0.2) is 42.7 Å². The van der Waals surface area contributed by atoms with Gasteiger partial charge in [-0.3, -0.25) is 14.6 Å². The molecule has 1 aliphatic rings. The number of nitrogens with zero attached hydrogens (tertiary/aromatic N) is 3. The molecule has 1 saturated heterocycles. The first-order chi connectivity index (χ1) is 14.1. The molecule has 2 amide bonds. The van der Waals surface area contributed by atoms with Crippen molar-refractivity contribution >= 4 is 23.2 Å². The van der Waals surface area contributed by atoms with Crippen molar-refractivity contribution in [1.82, 2.24) is 15.2 Å². The second-order valence-corrected chi connectivity index (χ2v) is 7.36. The summed E-state index contributed by atoms with van der Waals surface area (Å²) in [6, 6.07) is 9.43. The summed E-state index contributed by atoms with van der Waals surface area (Å²) in [5.41, 5.74) is 2.62. The Morgan fingerprint density at radius 1 is 1.00 bits per heavy atom. The third-order valence-electron chi connectivity index (χ3n) is 5.07. The third-order valence-corrected chi connectivity index (χ3v) is 5.07. The van der Waals surface area contributed by atoms with E-state index in [2.05, 4.69) is 39.4 Å². The first-order valence-electron chi connectivity index (χ1n) is 10.1. The molecule has 0 unspecified atom stereocenters. The molecule has 1 aromatic heterocycles. The molecule has 2 N–H and O–H groups in total. The van der Waals surface area contributed by atoms with Crippen molar-refractivity contribution in [2.45, 2.75) is 19.8 Å². The highest BCUT2D eigenvalue weighted by molar-refractivity contribution is 6.05. The van der Waals surface area contributed by atoms with Gasteiger partial charge in [0.1, 0.15) is 0 Å². The van der Waals surface area contributed by atoms with Gasteiger partial charge >= 0.3 is 0 Å².